The number of benzene rings is 2. The molecule has 0 unspecified atom stereocenters. The van der Waals surface area contributed by atoms with Gasteiger partial charge in [0.15, 0.2) is 0 Å². The van der Waals surface area contributed by atoms with Crippen LogP contribution in [0.2, 0.25) is 0 Å². The molecule has 2 aromatic rings. The molecule has 2 rings (SSSR count). The summed E-state index contributed by atoms with van der Waals surface area (Å²) in [6.45, 7) is 2.78. The van der Waals surface area contributed by atoms with E-state index >= 15 is 0 Å². The van der Waals surface area contributed by atoms with E-state index in [4.69, 9.17) is 5.73 Å². The van der Waals surface area contributed by atoms with E-state index in [9.17, 15) is 0 Å². The molecule has 0 aliphatic heterocycles. The second-order valence-electron chi connectivity index (χ2n) is 3.87. The van der Waals surface area contributed by atoms with E-state index < -0.39 is 0 Å². The monoisotopic (exact) mass is 211 g/mol. The Hall–Kier alpha value is -1.60. The molecular formula is C15H17N. The van der Waals surface area contributed by atoms with Gasteiger partial charge in [-0.25, -0.2) is 0 Å². The van der Waals surface area contributed by atoms with E-state index in [0.29, 0.717) is 6.54 Å². The lowest BCUT2D eigenvalue weighted by atomic mass is 9.94. The van der Waals surface area contributed by atoms with Crippen LogP contribution in [-0.2, 0) is 13.0 Å². The zero-order valence-electron chi connectivity index (χ0n) is 9.61. The SMILES string of the molecule is CCc1ccccc1-c1ccccc1CN. The molecule has 0 saturated heterocycles. The molecule has 1 nitrogen and oxygen atoms in total. The minimum absolute atomic E-state index is 0.591. The molecule has 82 valence electrons. The Morgan fingerprint density at radius 3 is 1.88 bits per heavy atom. The number of nitrogens with two attached hydrogens (primary N) is 1. The van der Waals surface area contributed by atoms with Gasteiger partial charge in [-0.3, -0.25) is 0 Å². The molecule has 0 aliphatic rings. The number of rotatable bonds is 3. The van der Waals surface area contributed by atoms with Crippen molar-refractivity contribution in [3.05, 3.63) is 59.7 Å². The summed E-state index contributed by atoms with van der Waals surface area (Å²) in [6.07, 6.45) is 1.05. The normalized spacial score (nSPS) is 10.4. The molecule has 0 fully saturated rings. The lowest BCUT2D eigenvalue weighted by Gasteiger charge is -2.11. The maximum atomic E-state index is 5.78. The van der Waals surface area contributed by atoms with Gasteiger partial charge in [0.25, 0.3) is 0 Å². The van der Waals surface area contributed by atoms with Crippen LogP contribution in [0.25, 0.3) is 11.1 Å². The van der Waals surface area contributed by atoms with Crippen molar-refractivity contribution in [3.8, 4) is 11.1 Å². The van der Waals surface area contributed by atoms with Crippen LogP contribution in [0.15, 0.2) is 48.5 Å². The van der Waals surface area contributed by atoms with E-state index in [0.717, 1.165) is 6.42 Å². The van der Waals surface area contributed by atoms with Crippen LogP contribution in [0.5, 0.6) is 0 Å². The molecule has 0 bridgehead atoms. The Bertz CT molecular complexity index is 429. The zero-order valence-corrected chi connectivity index (χ0v) is 9.61. The molecule has 0 heterocycles. The number of hydrogen-bond donors (Lipinski definition) is 1. The van der Waals surface area contributed by atoms with Gasteiger partial charge in [-0.2, -0.15) is 0 Å². The number of aryl methyl sites for hydroxylation is 1. The summed E-state index contributed by atoms with van der Waals surface area (Å²) in [4.78, 5) is 0. The zero-order chi connectivity index (χ0) is 11.4. The summed E-state index contributed by atoms with van der Waals surface area (Å²) in [5.41, 5.74) is 10.9. The fraction of sp³-hybridized carbons (Fsp3) is 0.200. The minimum atomic E-state index is 0.591. The average Bonchev–Trinajstić information content (AvgIpc) is 2.38. The van der Waals surface area contributed by atoms with E-state index in [1.54, 1.807) is 0 Å². The molecule has 0 saturated carbocycles. The van der Waals surface area contributed by atoms with Crippen molar-refractivity contribution >= 4 is 0 Å². The molecule has 0 aromatic heterocycles. The van der Waals surface area contributed by atoms with E-state index in [1.165, 1.54) is 22.3 Å². The Morgan fingerprint density at radius 1 is 0.812 bits per heavy atom. The predicted octanol–water partition coefficient (Wildman–Crippen LogP) is 3.37. The summed E-state index contributed by atoms with van der Waals surface area (Å²) in [7, 11) is 0. The Balaban J connectivity index is 2.58. The van der Waals surface area contributed by atoms with Gasteiger partial charge in [-0.1, -0.05) is 55.5 Å². The van der Waals surface area contributed by atoms with Crippen molar-refractivity contribution in [2.45, 2.75) is 19.9 Å². The molecule has 0 radical (unpaired) electrons. The van der Waals surface area contributed by atoms with Crippen LogP contribution in [0.1, 0.15) is 18.1 Å². The molecule has 0 spiro atoms. The first-order chi connectivity index (χ1) is 7.86. The third-order valence-electron chi connectivity index (χ3n) is 2.93. The van der Waals surface area contributed by atoms with Gasteiger partial charge < -0.3 is 5.73 Å². The third kappa shape index (κ3) is 2.00. The van der Waals surface area contributed by atoms with Crippen LogP contribution in [-0.4, -0.2) is 0 Å². The highest BCUT2D eigenvalue weighted by Gasteiger charge is 2.06. The van der Waals surface area contributed by atoms with Crippen LogP contribution in [0.3, 0.4) is 0 Å². The molecular weight excluding hydrogens is 194 g/mol. The first-order valence-electron chi connectivity index (χ1n) is 5.73. The summed E-state index contributed by atoms with van der Waals surface area (Å²) in [5, 5.41) is 0. The molecule has 16 heavy (non-hydrogen) atoms. The Kier molecular flexibility index (Phi) is 3.37. The highest BCUT2D eigenvalue weighted by atomic mass is 14.5. The standard InChI is InChI=1S/C15H17N/c1-2-12-7-3-5-9-14(12)15-10-6-4-8-13(15)11-16/h3-10H,2,11,16H2,1H3. The first kappa shape index (κ1) is 10.9. The van der Waals surface area contributed by atoms with Crippen molar-refractivity contribution < 1.29 is 0 Å². The largest absolute Gasteiger partial charge is 0.326 e. The lowest BCUT2D eigenvalue weighted by Crippen LogP contribution is -1.99. The van der Waals surface area contributed by atoms with Crippen LogP contribution >= 0.6 is 0 Å². The predicted molar refractivity (Wildman–Crippen MR) is 69.1 cm³/mol. The first-order valence-corrected chi connectivity index (χ1v) is 5.73. The van der Waals surface area contributed by atoms with E-state index in [1.807, 2.05) is 6.07 Å². The summed E-state index contributed by atoms with van der Waals surface area (Å²) in [5.74, 6) is 0. The van der Waals surface area contributed by atoms with Gasteiger partial charge >= 0.3 is 0 Å². The maximum Gasteiger partial charge on any atom is 0.0184 e. The number of hydrogen-bond acceptors (Lipinski definition) is 1. The van der Waals surface area contributed by atoms with Gasteiger partial charge in [-0.05, 0) is 28.7 Å². The smallest absolute Gasteiger partial charge is 0.0184 e. The topological polar surface area (TPSA) is 26.0 Å². The second kappa shape index (κ2) is 4.95. The van der Waals surface area contributed by atoms with Crippen molar-refractivity contribution in [3.63, 3.8) is 0 Å². The fourth-order valence-electron chi connectivity index (χ4n) is 2.05. The summed E-state index contributed by atoms with van der Waals surface area (Å²) in [6, 6.07) is 16.9. The van der Waals surface area contributed by atoms with E-state index in [-0.39, 0.29) is 0 Å². The van der Waals surface area contributed by atoms with Crippen molar-refractivity contribution in [2.75, 3.05) is 0 Å². The van der Waals surface area contributed by atoms with Crippen molar-refractivity contribution in [1.82, 2.24) is 0 Å². The average molecular weight is 211 g/mol. The molecule has 1 heteroatoms. The van der Waals surface area contributed by atoms with Crippen LogP contribution in [0, 0.1) is 0 Å². The summed E-state index contributed by atoms with van der Waals surface area (Å²) >= 11 is 0. The third-order valence-corrected chi connectivity index (χ3v) is 2.93. The van der Waals surface area contributed by atoms with Crippen molar-refractivity contribution in [1.29, 1.82) is 0 Å². The quantitative estimate of drug-likeness (QED) is 0.827. The molecule has 2 N–H and O–H groups in total. The molecule has 2 aromatic carbocycles. The summed E-state index contributed by atoms with van der Waals surface area (Å²) < 4.78 is 0. The van der Waals surface area contributed by atoms with Gasteiger partial charge in [0.2, 0.25) is 0 Å². The Morgan fingerprint density at radius 2 is 1.31 bits per heavy atom. The minimum Gasteiger partial charge on any atom is -0.326 e. The molecule has 0 aliphatic carbocycles. The van der Waals surface area contributed by atoms with Gasteiger partial charge in [-0.15, -0.1) is 0 Å². The molecule has 0 atom stereocenters. The van der Waals surface area contributed by atoms with Gasteiger partial charge in [0, 0.05) is 6.54 Å². The van der Waals surface area contributed by atoms with Crippen LogP contribution < -0.4 is 5.73 Å². The molecule has 0 amide bonds. The highest BCUT2D eigenvalue weighted by molar-refractivity contribution is 5.70. The maximum absolute atomic E-state index is 5.78. The van der Waals surface area contributed by atoms with Gasteiger partial charge in [0.1, 0.15) is 0 Å². The Labute approximate surface area is 96.9 Å². The second-order valence-corrected chi connectivity index (χ2v) is 3.87. The van der Waals surface area contributed by atoms with Gasteiger partial charge in [0.05, 0.1) is 0 Å². The van der Waals surface area contributed by atoms with E-state index in [2.05, 4.69) is 49.4 Å². The lowest BCUT2D eigenvalue weighted by molar-refractivity contribution is 1.07. The highest BCUT2D eigenvalue weighted by Crippen LogP contribution is 2.27. The van der Waals surface area contributed by atoms with Crippen LogP contribution in [0.4, 0.5) is 0 Å². The van der Waals surface area contributed by atoms with Crippen molar-refractivity contribution in [2.24, 2.45) is 5.73 Å². The fourth-order valence-corrected chi connectivity index (χ4v) is 2.05.